The maximum Gasteiger partial charge on any atom is 0.268 e. The largest absolute Gasteiger partial charge is 0.377 e. The third-order valence-electron chi connectivity index (χ3n) is 5.24. The van der Waals surface area contributed by atoms with Crippen molar-refractivity contribution in [1.29, 1.82) is 0 Å². The van der Waals surface area contributed by atoms with E-state index in [4.69, 9.17) is 10.5 Å². The number of ether oxygens (including phenoxy) is 1. The number of amides is 1. The van der Waals surface area contributed by atoms with E-state index in [-0.39, 0.29) is 12.3 Å². The number of benzene rings is 3. The average molecular weight is 397 g/mol. The fraction of sp³-hybridized carbons (Fsp3) is 0.120. The Hall–Kier alpha value is -3.70. The van der Waals surface area contributed by atoms with Crippen molar-refractivity contribution in [3.8, 4) is 0 Å². The van der Waals surface area contributed by atoms with Crippen LogP contribution in [-0.2, 0) is 16.9 Å². The summed E-state index contributed by atoms with van der Waals surface area (Å²) in [5.41, 5.74) is 8.14. The predicted octanol–water partition coefficient (Wildman–Crippen LogP) is 3.97. The lowest BCUT2D eigenvalue weighted by molar-refractivity contribution is 0.0995. The van der Waals surface area contributed by atoms with Crippen LogP contribution in [0.25, 0.3) is 0 Å². The number of aromatic nitrogens is 2. The second-order valence-corrected chi connectivity index (χ2v) is 7.02. The molecular weight excluding hydrogens is 374 g/mol. The molecule has 3 aromatic carbocycles. The molecule has 0 fully saturated rings. The predicted molar refractivity (Wildman–Crippen MR) is 116 cm³/mol. The quantitative estimate of drug-likeness (QED) is 0.480. The molecule has 2 N–H and O–H groups in total. The number of methoxy groups -OCH3 is 1. The second kappa shape index (κ2) is 8.35. The smallest absolute Gasteiger partial charge is 0.268 e. The first-order chi connectivity index (χ1) is 14.7. The van der Waals surface area contributed by atoms with Crippen LogP contribution in [0.15, 0.2) is 97.2 Å². The van der Waals surface area contributed by atoms with Crippen molar-refractivity contribution in [3.63, 3.8) is 0 Å². The van der Waals surface area contributed by atoms with Crippen LogP contribution >= 0.6 is 0 Å². The molecule has 0 saturated carbocycles. The van der Waals surface area contributed by atoms with Gasteiger partial charge in [0.1, 0.15) is 23.7 Å². The number of hydrogen-bond acceptors (Lipinski definition) is 3. The van der Waals surface area contributed by atoms with E-state index in [2.05, 4.69) is 41.4 Å². The Labute approximate surface area is 175 Å². The molecule has 5 heteroatoms. The van der Waals surface area contributed by atoms with E-state index in [0.717, 1.165) is 16.7 Å². The second-order valence-electron chi connectivity index (χ2n) is 7.02. The minimum Gasteiger partial charge on any atom is -0.377 e. The van der Waals surface area contributed by atoms with E-state index >= 15 is 0 Å². The first kappa shape index (κ1) is 19.6. The van der Waals surface area contributed by atoms with Crippen LogP contribution in [0.4, 0.5) is 0 Å². The van der Waals surface area contributed by atoms with Gasteiger partial charge in [-0.25, -0.2) is 4.98 Å². The van der Waals surface area contributed by atoms with Crippen molar-refractivity contribution in [2.24, 2.45) is 5.73 Å². The SMILES string of the molecule is COCc1nc(C(N)=O)cn1C(c1ccccc1)(c1ccccc1)c1ccccc1. The van der Waals surface area contributed by atoms with Gasteiger partial charge in [0, 0.05) is 13.3 Å². The van der Waals surface area contributed by atoms with Crippen molar-refractivity contribution in [2.45, 2.75) is 12.1 Å². The Kier molecular flexibility index (Phi) is 5.46. The summed E-state index contributed by atoms with van der Waals surface area (Å²) in [6.07, 6.45) is 1.73. The number of nitrogens with two attached hydrogens (primary N) is 1. The molecule has 0 saturated heterocycles. The molecule has 4 aromatic rings. The molecule has 0 aliphatic carbocycles. The molecule has 4 rings (SSSR count). The molecule has 1 amide bonds. The highest BCUT2D eigenvalue weighted by Gasteiger charge is 2.40. The van der Waals surface area contributed by atoms with Crippen LogP contribution in [0, 0.1) is 0 Å². The summed E-state index contributed by atoms with van der Waals surface area (Å²) < 4.78 is 7.44. The minimum atomic E-state index is -0.766. The minimum absolute atomic E-state index is 0.203. The molecule has 1 heterocycles. The zero-order chi connectivity index (χ0) is 21.0. The number of nitrogens with zero attached hydrogens (tertiary/aromatic N) is 2. The van der Waals surface area contributed by atoms with Crippen molar-refractivity contribution in [1.82, 2.24) is 9.55 Å². The van der Waals surface area contributed by atoms with Gasteiger partial charge >= 0.3 is 0 Å². The molecule has 0 aliphatic heterocycles. The number of carbonyl (C=O) groups excluding carboxylic acids is 1. The number of hydrogen-bond donors (Lipinski definition) is 1. The van der Waals surface area contributed by atoms with Crippen LogP contribution in [0.1, 0.15) is 33.0 Å². The summed E-state index contributed by atoms with van der Waals surface area (Å²) in [5.74, 6) is 0.0389. The molecule has 1 aromatic heterocycles. The molecule has 150 valence electrons. The lowest BCUT2D eigenvalue weighted by Gasteiger charge is -2.38. The van der Waals surface area contributed by atoms with E-state index < -0.39 is 11.4 Å². The van der Waals surface area contributed by atoms with E-state index in [1.165, 1.54) is 0 Å². The molecule has 5 nitrogen and oxygen atoms in total. The third kappa shape index (κ3) is 3.29. The van der Waals surface area contributed by atoms with Crippen molar-refractivity contribution in [3.05, 3.63) is 125 Å². The van der Waals surface area contributed by atoms with Crippen LogP contribution in [0.5, 0.6) is 0 Å². The summed E-state index contributed by atoms with van der Waals surface area (Å²) >= 11 is 0. The van der Waals surface area contributed by atoms with E-state index in [9.17, 15) is 4.79 Å². The molecule has 0 bridgehead atoms. The molecule has 0 spiro atoms. The molecule has 0 atom stereocenters. The van der Waals surface area contributed by atoms with Gasteiger partial charge in [0.2, 0.25) is 0 Å². The van der Waals surface area contributed by atoms with Crippen molar-refractivity contribution in [2.75, 3.05) is 7.11 Å². The van der Waals surface area contributed by atoms with Crippen molar-refractivity contribution < 1.29 is 9.53 Å². The average Bonchev–Trinajstić information content (AvgIpc) is 3.22. The summed E-state index contributed by atoms with van der Waals surface area (Å²) in [5, 5.41) is 0. The van der Waals surface area contributed by atoms with Crippen LogP contribution < -0.4 is 5.73 Å². The Balaban J connectivity index is 2.15. The van der Waals surface area contributed by atoms with Gasteiger partial charge in [0.05, 0.1) is 0 Å². The van der Waals surface area contributed by atoms with Gasteiger partial charge in [-0.3, -0.25) is 4.79 Å². The first-order valence-corrected chi connectivity index (χ1v) is 9.72. The van der Waals surface area contributed by atoms with E-state index in [0.29, 0.717) is 5.82 Å². The summed E-state index contributed by atoms with van der Waals surface area (Å²) in [6.45, 7) is 0.238. The topological polar surface area (TPSA) is 70.1 Å². The van der Waals surface area contributed by atoms with Gasteiger partial charge in [0.25, 0.3) is 5.91 Å². The molecular formula is C25H23N3O2. The fourth-order valence-corrected chi connectivity index (χ4v) is 4.01. The van der Waals surface area contributed by atoms with Crippen LogP contribution in [-0.4, -0.2) is 22.6 Å². The number of imidazole rings is 1. The maximum atomic E-state index is 12.0. The monoisotopic (exact) mass is 397 g/mol. The molecule has 30 heavy (non-hydrogen) atoms. The van der Waals surface area contributed by atoms with Gasteiger partial charge in [0.15, 0.2) is 0 Å². The molecule has 0 aliphatic rings. The van der Waals surface area contributed by atoms with Crippen LogP contribution in [0.3, 0.4) is 0 Å². The Morgan fingerprint density at radius 3 is 1.67 bits per heavy atom. The Bertz CT molecular complexity index is 1030. The standard InChI is InChI=1S/C25H23N3O2/c1-30-18-23-27-22(24(26)29)17-28(23)25(19-11-5-2-6-12-19,20-13-7-3-8-14-20)21-15-9-4-10-16-21/h2-17H,18H2,1H3,(H2,26,29). The summed E-state index contributed by atoms with van der Waals surface area (Å²) in [6, 6.07) is 30.5. The highest BCUT2D eigenvalue weighted by Crippen LogP contribution is 2.41. The maximum absolute atomic E-state index is 12.0. The summed E-state index contributed by atoms with van der Waals surface area (Å²) in [4.78, 5) is 16.5. The Morgan fingerprint density at radius 2 is 1.30 bits per heavy atom. The lowest BCUT2D eigenvalue weighted by atomic mass is 9.76. The highest BCUT2D eigenvalue weighted by atomic mass is 16.5. The first-order valence-electron chi connectivity index (χ1n) is 9.72. The van der Waals surface area contributed by atoms with E-state index in [1.807, 2.05) is 59.2 Å². The molecule has 0 unspecified atom stereocenters. The normalized spacial score (nSPS) is 11.4. The zero-order valence-corrected chi connectivity index (χ0v) is 16.7. The van der Waals surface area contributed by atoms with E-state index in [1.54, 1.807) is 13.3 Å². The van der Waals surface area contributed by atoms with Gasteiger partial charge in [-0.1, -0.05) is 91.0 Å². The van der Waals surface area contributed by atoms with Crippen LogP contribution in [0.2, 0.25) is 0 Å². The Morgan fingerprint density at radius 1 is 0.867 bits per heavy atom. The van der Waals surface area contributed by atoms with Gasteiger partial charge < -0.3 is 15.0 Å². The number of primary amides is 1. The lowest BCUT2D eigenvalue weighted by Crippen LogP contribution is -2.38. The molecule has 0 radical (unpaired) electrons. The zero-order valence-electron chi connectivity index (χ0n) is 16.7. The van der Waals surface area contributed by atoms with Crippen molar-refractivity contribution >= 4 is 5.91 Å². The van der Waals surface area contributed by atoms with Gasteiger partial charge in [-0.05, 0) is 16.7 Å². The number of carbonyl (C=O) groups is 1. The highest BCUT2D eigenvalue weighted by molar-refractivity contribution is 5.90. The van der Waals surface area contributed by atoms with Gasteiger partial charge in [-0.2, -0.15) is 0 Å². The third-order valence-corrected chi connectivity index (χ3v) is 5.24. The van der Waals surface area contributed by atoms with Gasteiger partial charge in [-0.15, -0.1) is 0 Å². The summed E-state index contributed by atoms with van der Waals surface area (Å²) in [7, 11) is 1.61. The number of rotatable bonds is 7. The fourth-order valence-electron chi connectivity index (χ4n) is 4.01.